The van der Waals surface area contributed by atoms with Crippen LogP contribution in [-0.4, -0.2) is 25.6 Å². The molecule has 22 heavy (non-hydrogen) atoms. The second-order valence-electron chi connectivity index (χ2n) is 5.74. The summed E-state index contributed by atoms with van der Waals surface area (Å²) in [6.07, 6.45) is 5.41. The van der Waals surface area contributed by atoms with E-state index in [0.717, 1.165) is 25.1 Å². The fourth-order valence-electron chi connectivity index (χ4n) is 2.08. The number of amides is 2. The van der Waals surface area contributed by atoms with Gasteiger partial charge in [0.2, 0.25) is 0 Å². The van der Waals surface area contributed by atoms with Crippen LogP contribution in [0.25, 0.3) is 0 Å². The normalized spacial score (nSPS) is 11.0. The first kappa shape index (κ1) is 16.1. The van der Waals surface area contributed by atoms with E-state index in [1.54, 1.807) is 21.8 Å². The molecule has 7 heteroatoms. The van der Waals surface area contributed by atoms with E-state index in [1.165, 1.54) is 0 Å². The number of carbonyl (C=O) groups excluding carboxylic acids is 1. The van der Waals surface area contributed by atoms with E-state index < -0.39 is 0 Å². The van der Waals surface area contributed by atoms with Crippen molar-refractivity contribution in [2.45, 2.75) is 40.2 Å². The van der Waals surface area contributed by atoms with E-state index in [-0.39, 0.29) is 6.03 Å². The Morgan fingerprint density at radius 3 is 2.77 bits per heavy atom. The van der Waals surface area contributed by atoms with Gasteiger partial charge in [-0.15, -0.1) is 0 Å². The van der Waals surface area contributed by atoms with Crippen molar-refractivity contribution in [3.63, 3.8) is 0 Å². The molecule has 0 unspecified atom stereocenters. The molecule has 0 aliphatic heterocycles. The van der Waals surface area contributed by atoms with E-state index in [2.05, 4.69) is 34.7 Å². The summed E-state index contributed by atoms with van der Waals surface area (Å²) in [5.74, 6) is 1.32. The van der Waals surface area contributed by atoms with Gasteiger partial charge in [0.15, 0.2) is 0 Å². The Morgan fingerprint density at radius 1 is 1.36 bits per heavy atom. The first-order valence-electron chi connectivity index (χ1n) is 7.61. The van der Waals surface area contributed by atoms with Crippen LogP contribution >= 0.6 is 0 Å². The van der Waals surface area contributed by atoms with Gasteiger partial charge < -0.3 is 5.32 Å². The molecule has 120 valence electrons. The molecular weight excluding hydrogens is 280 g/mol. The molecule has 2 N–H and O–H groups in total. The van der Waals surface area contributed by atoms with Crippen molar-refractivity contribution >= 4 is 17.5 Å². The van der Waals surface area contributed by atoms with Crippen molar-refractivity contribution < 1.29 is 4.79 Å². The third kappa shape index (κ3) is 4.34. The Balaban J connectivity index is 1.93. The van der Waals surface area contributed by atoms with Gasteiger partial charge in [0.25, 0.3) is 0 Å². The molecule has 2 amide bonds. The number of hydrogen-bond acceptors (Lipinski definition) is 3. The van der Waals surface area contributed by atoms with E-state index in [9.17, 15) is 4.79 Å². The second-order valence-corrected chi connectivity index (χ2v) is 5.74. The van der Waals surface area contributed by atoms with Gasteiger partial charge in [-0.2, -0.15) is 10.2 Å². The number of aryl methyl sites for hydroxylation is 3. The van der Waals surface area contributed by atoms with Gasteiger partial charge in [0, 0.05) is 25.9 Å². The van der Waals surface area contributed by atoms with Crippen LogP contribution in [-0.2, 0) is 20.0 Å². The number of aromatic nitrogens is 4. The van der Waals surface area contributed by atoms with Crippen molar-refractivity contribution in [2.24, 2.45) is 13.0 Å². The molecule has 0 radical (unpaired) electrons. The smallest absolute Gasteiger partial charge is 0.305 e. The standard InChI is InChI=1S/C15H24N6O/c1-5-21-10-13(9-16-21)17-15(22)18-14-8-12(19-20(14)4)7-6-11(2)3/h8-11H,5-7H2,1-4H3,(H2,17,18,22). The SMILES string of the molecule is CCn1cc(NC(=O)Nc2cc(CCC(C)C)nn2C)cn1. The average Bonchev–Trinajstić information content (AvgIpc) is 3.04. The van der Waals surface area contributed by atoms with Gasteiger partial charge in [-0.05, 0) is 25.7 Å². The Bertz CT molecular complexity index is 628. The van der Waals surface area contributed by atoms with Crippen molar-refractivity contribution in [1.29, 1.82) is 0 Å². The highest BCUT2D eigenvalue weighted by atomic mass is 16.2. The molecular formula is C15H24N6O. The van der Waals surface area contributed by atoms with Crippen LogP contribution in [0.2, 0.25) is 0 Å². The molecule has 7 nitrogen and oxygen atoms in total. The molecule has 2 aromatic rings. The molecule has 2 aromatic heterocycles. The Morgan fingerprint density at radius 2 is 2.14 bits per heavy atom. The Labute approximate surface area is 130 Å². The Kier molecular flexibility index (Phi) is 5.19. The lowest BCUT2D eigenvalue weighted by molar-refractivity contribution is 0.262. The molecule has 0 fully saturated rings. The maximum absolute atomic E-state index is 12.0. The summed E-state index contributed by atoms with van der Waals surface area (Å²) in [7, 11) is 1.82. The maximum atomic E-state index is 12.0. The highest BCUT2D eigenvalue weighted by Crippen LogP contribution is 2.14. The first-order valence-corrected chi connectivity index (χ1v) is 7.61. The van der Waals surface area contributed by atoms with E-state index in [1.807, 2.05) is 20.0 Å². The number of rotatable bonds is 6. The van der Waals surface area contributed by atoms with Gasteiger partial charge in [0.1, 0.15) is 5.82 Å². The van der Waals surface area contributed by atoms with Gasteiger partial charge in [-0.1, -0.05) is 13.8 Å². The zero-order chi connectivity index (χ0) is 16.1. The molecule has 2 rings (SSSR count). The first-order chi connectivity index (χ1) is 10.5. The lowest BCUT2D eigenvalue weighted by Crippen LogP contribution is -2.20. The lowest BCUT2D eigenvalue weighted by atomic mass is 10.1. The molecule has 0 atom stereocenters. The number of urea groups is 1. The van der Waals surface area contributed by atoms with Crippen molar-refractivity contribution in [2.75, 3.05) is 10.6 Å². The monoisotopic (exact) mass is 304 g/mol. The molecule has 0 aliphatic carbocycles. The molecule has 0 aromatic carbocycles. The Hall–Kier alpha value is -2.31. The molecule has 0 saturated heterocycles. The van der Waals surface area contributed by atoms with Crippen LogP contribution in [0.4, 0.5) is 16.3 Å². The fourth-order valence-corrected chi connectivity index (χ4v) is 2.08. The number of nitrogens with one attached hydrogen (secondary N) is 2. The van der Waals surface area contributed by atoms with Crippen LogP contribution in [0.3, 0.4) is 0 Å². The third-order valence-electron chi connectivity index (χ3n) is 3.36. The van der Waals surface area contributed by atoms with Crippen LogP contribution in [0, 0.1) is 5.92 Å². The highest BCUT2D eigenvalue weighted by molar-refractivity contribution is 5.99. The molecule has 0 saturated carbocycles. The van der Waals surface area contributed by atoms with E-state index in [0.29, 0.717) is 17.4 Å². The van der Waals surface area contributed by atoms with E-state index >= 15 is 0 Å². The lowest BCUT2D eigenvalue weighted by Gasteiger charge is -2.05. The quantitative estimate of drug-likeness (QED) is 0.861. The van der Waals surface area contributed by atoms with Crippen LogP contribution in [0.5, 0.6) is 0 Å². The van der Waals surface area contributed by atoms with Crippen molar-refractivity contribution in [1.82, 2.24) is 19.6 Å². The number of nitrogens with zero attached hydrogens (tertiary/aromatic N) is 4. The molecule has 0 spiro atoms. The van der Waals surface area contributed by atoms with Crippen LogP contribution < -0.4 is 10.6 Å². The molecule has 0 aliphatic rings. The molecule has 0 bridgehead atoms. The summed E-state index contributed by atoms with van der Waals surface area (Å²) in [6.45, 7) is 7.13. The predicted molar refractivity (Wildman–Crippen MR) is 86.9 cm³/mol. The third-order valence-corrected chi connectivity index (χ3v) is 3.36. The van der Waals surface area contributed by atoms with Crippen molar-refractivity contribution in [3.8, 4) is 0 Å². The summed E-state index contributed by atoms with van der Waals surface area (Å²) in [4.78, 5) is 12.0. The second kappa shape index (κ2) is 7.11. The van der Waals surface area contributed by atoms with E-state index in [4.69, 9.17) is 0 Å². The van der Waals surface area contributed by atoms with Gasteiger partial charge in [-0.3, -0.25) is 14.7 Å². The largest absolute Gasteiger partial charge is 0.324 e. The number of anilines is 2. The minimum atomic E-state index is -0.297. The summed E-state index contributed by atoms with van der Waals surface area (Å²) in [5, 5.41) is 14.1. The van der Waals surface area contributed by atoms with Gasteiger partial charge >= 0.3 is 6.03 Å². The van der Waals surface area contributed by atoms with Crippen molar-refractivity contribution in [3.05, 3.63) is 24.2 Å². The fraction of sp³-hybridized carbons (Fsp3) is 0.533. The minimum absolute atomic E-state index is 0.297. The maximum Gasteiger partial charge on any atom is 0.324 e. The number of carbonyl (C=O) groups is 1. The summed E-state index contributed by atoms with van der Waals surface area (Å²) in [5.41, 5.74) is 1.66. The van der Waals surface area contributed by atoms with Gasteiger partial charge in [0.05, 0.1) is 17.6 Å². The minimum Gasteiger partial charge on any atom is -0.305 e. The zero-order valence-corrected chi connectivity index (χ0v) is 13.6. The summed E-state index contributed by atoms with van der Waals surface area (Å²) < 4.78 is 3.44. The topological polar surface area (TPSA) is 76.8 Å². The summed E-state index contributed by atoms with van der Waals surface area (Å²) >= 11 is 0. The average molecular weight is 304 g/mol. The summed E-state index contributed by atoms with van der Waals surface area (Å²) in [6, 6.07) is 1.62. The highest BCUT2D eigenvalue weighted by Gasteiger charge is 2.10. The molecule has 2 heterocycles. The van der Waals surface area contributed by atoms with Crippen LogP contribution in [0.1, 0.15) is 32.9 Å². The van der Waals surface area contributed by atoms with Crippen LogP contribution in [0.15, 0.2) is 18.5 Å². The number of hydrogen-bond donors (Lipinski definition) is 2. The van der Waals surface area contributed by atoms with Gasteiger partial charge in [-0.25, -0.2) is 4.79 Å². The zero-order valence-electron chi connectivity index (χ0n) is 13.6. The predicted octanol–water partition coefficient (Wildman–Crippen LogP) is 2.87.